The van der Waals surface area contributed by atoms with Gasteiger partial charge in [-0.15, -0.1) is 6.42 Å². The van der Waals surface area contributed by atoms with Crippen LogP contribution in [0.5, 0.6) is 11.8 Å². The number of imide groups is 1. The van der Waals surface area contributed by atoms with Crippen molar-refractivity contribution in [1.29, 1.82) is 0 Å². The summed E-state index contributed by atoms with van der Waals surface area (Å²) in [4.78, 5) is 81.0. The summed E-state index contributed by atoms with van der Waals surface area (Å²) >= 11 is 0. The molecule has 79 heavy (non-hydrogen) atoms. The van der Waals surface area contributed by atoms with Crippen LogP contribution in [0.2, 0.25) is 0 Å². The molecule has 2 aromatic heterocycles. The Kier molecular flexibility index (Phi) is 16.2. The molecule has 414 valence electrons. The zero-order valence-corrected chi connectivity index (χ0v) is 44.3. The summed E-state index contributed by atoms with van der Waals surface area (Å²) < 4.78 is 39.1. The van der Waals surface area contributed by atoms with E-state index in [1.54, 1.807) is 24.4 Å². The third-order valence-corrected chi connectivity index (χ3v) is 16.9. The highest BCUT2D eigenvalue weighted by Gasteiger charge is 2.51. The van der Waals surface area contributed by atoms with Crippen molar-refractivity contribution in [3.63, 3.8) is 0 Å². The van der Waals surface area contributed by atoms with Crippen molar-refractivity contribution >= 4 is 63.7 Å². The maximum Gasteiger partial charge on any atom is 0.319 e. The summed E-state index contributed by atoms with van der Waals surface area (Å²) in [6, 6.07) is 10.6. The van der Waals surface area contributed by atoms with Crippen LogP contribution in [0.25, 0.3) is 32.9 Å². The third kappa shape index (κ3) is 11.1. The molecule has 5 aromatic rings. The number of benzene rings is 3. The van der Waals surface area contributed by atoms with Crippen LogP contribution in [0, 0.1) is 29.9 Å². The molecule has 3 amide bonds. The maximum atomic E-state index is 17.3. The largest absolute Gasteiger partial charge is 0.508 e. The Morgan fingerprint density at radius 2 is 1.77 bits per heavy atom. The number of aldehydes is 1. The van der Waals surface area contributed by atoms with Crippen LogP contribution in [0.4, 0.5) is 20.3 Å². The molecule has 6 aliphatic heterocycles. The first-order chi connectivity index (χ1) is 38.2. The number of carbonyl (C=O) groups excluding carboxylic acids is 4. The fourth-order valence-corrected chi connectivity index (χ4v) is 13.1. The summed E-state index contributed by atoms with van der Waals surface area (Å²) in [6.45, 7) is 10.4. The van der Waals surface area contributed by atoms with Crippen molar-refractivity contribution in [2.24, 2.45) is 5.92 Å². The van der Waals surface area contributed by atoms with Gasteiger partial charge in [-0.1, -0.05) is 37.0 Å². The highest BCUT2D eigenvalue weighted by Crippen LogP contribution is 2.46. The molecule has 6 aliphatic rings. The fourth-order valence-electron chi connectivity index (χ4n) is 13.1. The quantitative estimate of drug-likeness (QED) is 0.0203. The standard InChI is InChI=1S/C58H64F2N10O6.CH2O2/c1-4-43-48(59)14-8-36-23-42(72)25-46(50(36)43)52-51(60)53-47(27-63-52)54(68-29-38-9-10-39(30-68)64-38)66-57(65-53)76-33-58-19-16-40(69(58)28-34(2)26-58)31-67-21-17-35(18-22-67)7-5-6-20-62-37-11-13-44-45(24-37)56(75)70(55(44)74)41(32-71)12-15-49(73)61-3;2-1-3/h1,8,11,13-14,23-25,27,32,35,38-41,62,64,72H,2,5-7,9-10,12,15-22,26,28-31,33H2,3H3,(H,61,73);1H,(H,2,3). The molecule has 2 bridgehead atoms. The van der Waals surface area contributed by atoms with Gasteiger partial charge in [-0.05, 0) is 119 Å². The molecule has 5 fully saturated rings. The van der Waals surface area contributed by atoms with E-state index in [2.05, 4.69) is 48.1 Å². The predicted octanol–water partition coefficient (Wildman–Crippen LogP) is 6.68. The van der Waals surface area contributed by atoms with E-state index in [4.69, 9.17) is 31.0 Å². The van der Waals surface area contributed by atoms with E-state index in [1.165, 1.54) is 31.3 Å². The molecular weight excluding hydrogens is 1010 g/mol. The average Bonchev–Trinajstić information content (AvgIpc) is 4.26. The maximum absolute atomic E-state index is 17.3. The SMILES string of the molecule is C#Cc1c(F)ccc2cc(O)cc(-c3ncc4c(N5CC6CCC(C5)N6)nc(OCC56CCC(CN7CCC(CCCCNc8ccc9c(c8)C(=O)N(C(C=O)CCC(=O)NC)C9=O)CC7)N5CC(=C)C6)nc4c3F)c12.O=CO. The van der Waals surface area contributed by atoms with Crippen LogP contribution >= 0.6 is 0 Å². The normalized spacial score (nSPS) is 22.4. The van der Waals surface area contributed by atoms with Crippen LogP contribution in [0.15, 0.2) is 60.8 Å². The summed E-state index contributed by atoms with van der Waals surface area (Å²) in [7, 11) is 1.50. The Morgan fingerprint density at radius 3 is 2.51 bits per heavy atom. The van der Waals surface area contributed by atoms with Crippen LogP contribution in [-0.4, -0.2) is 160 Å². The van der Waals surface area contributed by atoms with Gasteiger partial charge in [-0.3, -0.25) is 34.0 Å². The topological polar surface area (TPSA) is 223 Å². The molecule has 5 N–H and O–H groups in total. The van der Waals surface area contributed by atoms with Crippen LogP contribution in [-0.2, 0) is 14.4 Å². The number of nitrogens with zero attached hydrogens (tertiary/aromatic N) is 7. The number of rotatable bonds is 18. The number of aromatic hydroxyl groups is 1. The minimum Gasteiger partial charge on any atom is -0.508 e. The molecule has 5 saturated heterocycles. The number of fused-ring (bicyclic) bond motifs is 6. The molecular formula is C59H66F2N10O8. The van der Waals surface area contributed by atoms with E-state index in [1.807, 2.05) is 0 Å². The van der Waals surface area contributed by atoms with Gasteiger partial charge in [0, 0.05) is 87.2 Å². The first-order valence-electron chi connectivity index (χ1n) is 27.3. The van der Waals surface area contributed by atoms with Crippen molar-refractivity contribution in [2.45, 2.75) is 107 Å². The molecule has 0 aliphatic carbocycles. The van der Waals surface area contributed by atoms with Crippen LogP contribution in [0.3, 0.4) is 0 Å². The number of carbonyl (C=O) groups is 5. The smallest absolute Gasteiger partial charge is 0.319 e. The van der Waals surface area contributed by atoms with Crippen LogP contribution in [0.1, 0.15) is 103 Å². The molecule has 3 aromatic carbocycles. The lowest BCUT2D eigenvalue weighted by atomic mass is 9.91. The molecule has 18 nitrogen and oxygen atoms in total. The van der Waals surface area contributed by atoms with E-state index in [0.717, 1.165) is 113 Å². The molecule has 8 heterocycles. The first kappa shape index (κ1) is 54.7. The Hall–Kier alpha value is -7.60. The minimum atomic E-state index is -1.01. The number of hydrogen-bond donors (Lipinski definition) is 5. The summed E-state index contributed by atoms with van der Waals surface area (Å²) in [6.07, 6.45) is 18.2. The number of piperidine rings is 1. The van der Waals surface area contributed by atoms with E-state index in [-0.39, 0.29) is 93.5 Å². The van der Waals surface area contributed by atoms with E-state index < -0.39 is 29.5 Å². The molecule has 5 unspecified atom stereocenters. The molecule has 11 rings (SSSR count). The second kappa shape index (κ2) is 23.4. The van der Waals surface area contributed by atoms with E-state index in [9.17, 15) is 24.3 Å². The van der Waals surface area contributed by atoms with Crippen LogP contribution < -0.4 is 25.6 Å². The number of amides is 3. The van der Waals surface area contributed by atoms with Gasteiger partial charge in [-0.2, -0.15) is 9.97 Å². The molecule has 0 saturated carbocycles. The number of terminal acetylenes is 1. The highest BCUT2D eigenvalue weighted by atomic mass is 19.1. The molecule has 20 heteroatoms. The number of ether oxygens (including phenoxy) is 1. The highest BCUT2D eigenvalue weighted by molar-refractivity contribution is 6.22. The van der Waals surface area contributed by atoms with Gasteiger partial charge in [0.25, 0.3) is 18.3 Å². The van der Waals surface area contributed by atoms with E-state index >= 15 is 8.78 Å². The van der Waals surface area contributed by atoms with Gasteiger partial charge in [-0.25, -0.2) is 8.78 Å². The number of nitrogens with one attached hydrogen (secondary N) is 3. The number of aromatic nitrogens is 3. The number of likely N-dealkylation sites (tertiary alicyclic amines) is 1. The number of pyridine rings is 1. The predicted molar refractivity (Wildman–Crippen MR) is 294 cm³/mol. The lowest BCUT2D eigenvalue weighted by Crippen LogP contribution is -2.51. The van der Waals surface area contributed by atoms with Crippen molar-refractivity contribution in [2.75, 3.05) is 69.7 Å². The monoisotopic (exact) mass is 1080 g/mol. The molecule has 0 spiro atoms. The number of phenols is 1. The summed E-state index contributed by atoms with van der Waals surface area (Å²) in [5, 5.41) is 28.4. The Labute approximate surface area is 457 Å². The Bertz CT molecular complexity index is 3240. The zero-order chi connectivity index (χ0) is 55.5. The minimum absolute atomic E-state index is 0.0194. The Balaban J connectivity index is 0.00000230. The Morgan fingerprint density at radius 1 is 1.01 bits per heavy atom. The average molecular weight is 1080 g/mol. The van der Waals surface area contributed by atoms with Gasteiger partial charge < -0.3 is 45.5 Å². The zero-order valence-electron chi connectivity index (χ0n) is 44.3. The van der Waals surface area contributed by atoms with E-state index in [0.29, 0.717) is 54.5 Å². The summed E-state index contributed by atoms with van der Waals surface area (Å²) in [5.74, 6) is 0.774. The van der Waals surface area contributed by atoms with Crippen molar-refractivity contribution in [3.05, 3.63) is 89.1 Å². The van der Waals surface area contributed by atoms with Crippen molar-refractivity contribution in [1.82, 2.24) is 40.3 Å². The van der Waals surface area contributed by atoms with Gasteiger partial charge in [0.15, 0.2) is 5.82 Å². The van der Waals surface area contributed by atoms with Gasteiger partial charge in [0.05, 0.1) is 33.7 Å². The van der Waals surface area contributed by atoms with Crippen molar-refractivity contribution in [3.8, 4) is 35.4 Å². The number of hydrogen-bond acceptors (Lipinski definition) is 15. The number of phenolic OH excluding ortho intramolecular Hbond substituents is 1. The second-order valence-electron chi connectivity index (χ2n) is 21.9. The number of anilines is 2. The fraction of sp³-hybridized carbons (Fsp3) is 0.458. The lowest BCUT2D eigenvalue weighted by molar-refractivity contribution is -0.123. The third-order valence-electron chi connectivity index (χ3n) is 16.9. The van der Waals surface area contributed by atoms with Gasteiger partial charge in [0.2, 0.25) is 5.91 Å². The second-order valence-corrected chi connectivity index (χ2v) is 21.9. The summed E-state index contributed by atoms with van der Waals surface area (Å²) in [5.41, 5.74) is 2.12. The molecule has 5 atom stereocenters. The number of carboxylic acid groups (broad SMARTS) is 1. The van der Waals surface area contributed by atoms with Gasteiger partial charge >= 0.3 is 6.01 Å². The lowest BCUT2D eigenvalue weighted by Gasteiger charge is -2.38. The molecule has 0 radical (unpaired) electrons. The van der Waals surface area contributed by atoms with Crippen molar-refractivity contribution < 1.29 is 47.7 Å². The first-order valence-corrected chi connectivity index (χ1v) is 27.3. The van der Waals surface area contributed by atoms with Gasteiger partial charge in [0.1, 0.15) is 41.5 Å². The number of halogens is 2. The number of piperazine rings is 1. The number of unbranched alkanes of at least 4 members (excludes halogenated alkanes) is 1.